The van der Waals surface area contributed by atoms with E-state index >= 15 is 0 Å². The van der Waals surface area contributed by atoms with Crippen LogP contribution in [0.5, 0.6) is 11.5 Å². The summed E-state index contributed by atoms with van der Waals surface area (Å²) in [5, 5.41) is 0. The second-order valence-corrected chi connectivity index (χ2v) is 7.90. The van der Waals surface area contributed by atoms with E-state index in [1.54, 1.807) is 38.2 Å². The number of anilines is 1. The summed E-state index contributed by atoms with van der Waals surface area (Å²) < 4.78 is 18.5. The first kappa shape index (κ1) is 22.6. The number of ether oxygens (including phenoxy) is 3. The van der Waals surface area contributed by atoms with E-state index in [0.29, 0.717) is 29.6 Å². The van der Waals surface area contributed by atoms with Crippen molar-refractivity contribution in [3.8, 4) is 11.5 Å². The summed E-state index contributed by atoms with van der Waals surface area (Å²) in [6.45, 7) is 4.44. The fourth-order valence-corrected chi connectivity index (χ4v) is 4.42. The highest BCUT2D eigenvalue weighted by Crippen LogP contribution is 2.44. The van der Waals surface area contributed by atoms with Crippen LogP contribution in [0.4, 0.5) is 5.95 Å². The molecule has 1 amide bonds. The first-order valence-electron chi connectivity index (χ1n) is 11.2. The van der Waals surface area contributed by atoms with Crippen LogP contribution in [0.3, 0.4) is 0 Å². The Hall–Kier alpha value is -3.55. The maximum absolute atomic E-state index is 13.8. The lowest BCUT2D eigenvalue weighted by atomic mass is 9.88. The zero-order valence-corrected chi connectivity index (χ0v) is 19.4. The molecule has 1 aliphatic rings. The third-order valence-electron chi connectivity index (χ3n) is 5.98. The molecule has 0 spiro atoms. The van der Waals surface area contributed by atoms with E-state index in [0.717, 1.165) is 23.9 Å². The number of rotatable bonds is 8. The van der Waals surface area contributed by atoms with Gasteiger partial charge in [-0.2, -0.15) is 0 Å². The number of aromatic nitrogens is 2. The smallest absolute Gasteiger partial charge is 0.321 e. The quantitative estimate of drug-likeness (QED) is 0.381. The molecule has 1 aliphatic heterocycles. The molecule has 2 aromatic carbocycles. The van der Waals surface area contributed by atoms with Gasteiger partial charge in [0, 0.05) is 12.1 Å². The summed E-state index contributed by atoms with van der Waals surface area (Å²) in [6.07, 6.45) is 1.69. The zero-order valence-electron chi connectivity index (χ0n) is 19.4. The molecule has 8 nitrogen and oxygen atoms in total. The van der Waals surface area contributed by atoms with Gasteiger partial charge >= 0.3 is 5.97 Å². The molecule has 174 valence electrons. The molecular formula is C25H29N3O5. The fraction of sp³-hybridized carbons (Fsp3) is 0.400. The first-order valence-corrected chi connectivity index (χ1v) is 11.2. The summed E-state index contributed by atoms with van der Waals surface area (Å²) in [4.78, 5) is 33.5. The molecule has 0 saturated carbocycles. The number of esters is 1. The molecule has 2 unspecified atom stereocenters. The normalized spacial score (nSPS) is 17.7. The van der Waals surface area contributed by atoms with E-state index in [4.69, 9.17) is 19.2 Å². The lowest BCUT2D eigenvalue weighted by Crippen LogP contribution is -2.50. The van der Waals surface area contributed by atoms with E-state index in [1.165, 1.54) is 0 Å². The standard InChI is InChI=1S/C25H29N3O5/c1-5-7-14-27-23(29)21(24(30)33-6-2)22(17-15-16(31-3)12-13-20(17)32-4)28-19-11-9-8-10-18(19)26-25(27)28/h8-13,15,21-22H,5-7,14H2,1-4H3. The number of amides is 1. The van der Waals surface area contributed by atoms with E-state index in [-0.39, 0.29) is 12.5 Å². The Bertz CT molecular complexity index is 1170. The molecule has 0 fully saturated rings. The third kappa shape index (κ3) is 3.90. The van der Waals surface area contributed by atoms with E-state index < -0.39 is 17.9 Å². The van der Waals surface area contributed by atoms with Gasteiger partial charge in [0.2, 0.25) is 11.9 Å². The lowest BCUT2D eigenvalue weighted by Gasteiger charge is -2.38. The van der Waals surface area contributed by atoms with Crippen molar-refractivity contribution in [2.75, 3.05) is 32.3 Å². The maximum Gasteiger partial charge on any atom is 0.321 e. The number of hydrogen-bond donors (Lipinski definition) is 0. The molecule has 1 aromatic heterocycles. The van der Waals surface area contributed by atoms with Crippen molar-refractivity contribution in [1.29, 1.82) is 0 Å². The molecule has 2 heterocycles. The topological polar surface area (TPSA) is 82.9 Å². The number of para-hydroxylation sites is 2. The fourth-order valence-electron chi connectivity index (χ4n) is 4.42. The summed E-state index contributed by atoms with van der Waals surface area (Å²) in [5.41, 5.74) is 2.23. The number of fused-ring (bicyclic) bond motifs is 3. The van der Waals surface area contributed by atoms with Gasteiger partial charge in [0.1, 0.15) is 11.5 Å². The van der Waals surface area contributed by atoms with Crippen LogP contribution in [0, 0.1) is 5.92 Å². The van der Waals surface area contributed by atoms with Crippen LogP contribution in [0.2, 0.25) is 0 Å². The number of methoxy groups -OCH3 is 2. The summed E-state index contributed by atoms with van der Waals surface area (Å²) >= 11 is 0. The van der Waals surface area contributed by atoms with Gasteiger partial charge in [0.15, 0.2) is 5.92 Å². The molecule has 8 heteroatoms. The van der Waals surface area contributed by atoms with Crippen molar-refractivity contribution >= 4 is 28.9 Å². The number of unbranched alkanes of at least 4 members (excludes halogenated alkanes) is 1. The van der Waals surface area contributed by atoms with E-state index in [1.807, 2.05) is 34.9 Å². The second-order valence-electron chi connectivity index (χ2n) is 7.90. The summed E-state index contributed by atoms with van der Waals surface area (Å²) in [6, 6.07) is 12.3. The zero-order chi connectivity index (χ0) is 23.5. The SMILES string of the molecule is CCCCN1C(=O)C(C(=O)OCC)C(c2cc(OC)ccc2OC)n2c1nc1ccccc12. The molecule has 33 heavy (non-hydrogen) atoms. The average molecular weight is 452 g/mol. The Balaban J connectivity index is 2.03. The predicted octanol–water partition coefficient (Wildman–Crippen LogP) is 3.97. The van der Waals surface area contributed by atoms with Crippen LogP contribution in [0.25, 0.3) is 11.0 Å². The molecule has 0 saturated heterocycles. The molecule has 0 bridgehead atoms. The number of imidazole rings is 1. The van der Waals surface area contributed by atoms with Crippen LogP contribution < -0.4 is 14.4 Å². The molecule has 0 aliphatic carbocycles. The highest BCUT2D eigenvalue weighted by molar-refractivity contribution is 6.08. The maximum atomic E-state index is 13.8. The van der Waals surface area contributed by atoms with Gasteiger partial charge in [0.25, 0.3) is 0 Å². The van der Waals surface area contributed by atoms with Crippen LogP contribution in [-0.2, 0) is 14.3 Å². The van der Waals surface area contributed by atoms with Crippen LogP contribution in [0.15, 0.2) is 42.5 Å². The van der Waals surface area contributed by atoms with Crippen molar-refractivity contribution in [1.82, 2.24) is 9.55 Å². The predicted molar refractivity (Wildman–Crippen MR) is 125 cm³/mol. The van der Waals surface area contributed by atoms with Crippen molar-refractivity contribution in [2.45, 2.75) is 32.7 Å². The minimum atomic E-state index is -1.09. The summed E-state index contributed by atoms with van der Waals surface area (Å²) in [7, 11) is 3.14. The molecular weight excluding hydrogens is 422 g/mol. The second kappa shape index (κ2) is 9.52. The number of carbonyl (C=O) groups is 2. The van der Waals surface area contributed by atoms with Crippen molar-refractivity contribution in [3.05, 3.63) is 48.0 Å². The molecule has 0 N–H and O–H groups in total. The van der Waals surface area contributed by atoms with Gasteiger partial charge in [-0.1, -0.05) is 25.5 Å². The average Bonchev–Trinajstić information content (AvgIpc) is 3.21. The highest BCUT2D eigenvalue weighted by atomic mass is 16.5. The Morgan fingerprint density at radius 1 is 1.09 bits per heavy atom. The lowest BCUT2D eigenvalue weighted by molar-refractivity contribution is -0.153. The Kier molecular flexibility index (Phi) is 6.53. The summed E-state index contributed by atoms with van der Waals surface area (Å²) in [5.74, 6) is -0.311. The van der Waals surface area contributed by atoms with E-state index in [2.05, 4.69) is 6.92 Å². The van der Waals surface area contributed by atoms with Crippen molar-refractivity contribution in [3.63, 3.8) is 0 Å². The van der Waals surface area contributed by atoms with Gasteiger partial charge < -0.3 is 18.8 Å². The number of hydrogen-bond acceptors (Lipinski definition) is 6. The monoisotopic (exact) mass is 451 g/mol. The minimum Gasteiger partial charge on any atom is -0.497 e. The number of carbonyl (C=O) groups excluding carboxylic acids is 2. The molecule has 0 radical (unpaired) electrons. The number of nitrogens with zero attached hydrogens (tertiary/aromatic N) is 3. The largest absolute Gasteiger partial charge is 0.497 e. The number of benzene rings is 2. The molecule has 3 aromatic rings. The van der Waals surface area contributed by atoms with Crippen LogP contribution >= 0.6 is 0 Å². The van der Waals surface area contributed by atoms with Gasteiger partial charge in [-0.15, -0.1) is 0 Å². The van der Waals surface area contributed by atoms with Gasteiger partial charge in [-0.05, 0) is 43.7 Å². The molecule has 4 rings (SSSR count). The first-order chi connectivity index (χ1) is 16.0. The van der Waals surface area contributed by atoms with E-state index in [9.17, 15) is 9.59 Å². The molecule has 2 atom stereocenters. The van der Waals surface area contributed by atoms with Crippen molar-refractivity contribution < 1.29 is 23.8 Å². The van der Waals surface area contributed by atoms with Crippen LogP contribution in [0.1, 0.15) is 38.3 Å². The Morgan fingerprint density at radius 2 is 1.88 bits per heavy atom. The highest BCUT2D eigenvalue weighted by Gasteiger charge is 2.48. The Morgan fingerprint density at radius 3 is 2.58 bits per heavy atom. The Labute approximate surface area is 193 Å². The van der Waals surface area contributed by atoms with Gasteiger partial charge in [-0.3, -0.25) is 14.5 Å². The van der Waals surface area contributed by atoms with Gasteiger partial charge in [-0.25, -0.2) is 4.98 Å². The third-order valence-corrected chi connectivity index (χ3v) is 5.98. The van der Waals surface area contributed by atoms with Crippen molar-refractivity contribution in [2.24, 2.45) is 5.92 Å². The van der Waals surface area contributed by atoms with Gasteiger partial charge in [0.05, 0.1) is 37.9 Å². The minimum absolute atomic E-state index is 0.178. The van der Waals surface area contributed by atoms with Crippen LogP contribution in [-0.4, -0.2) is 48.8 Å².